The maximum absolute atomic E-state index is 6.11. The lowest BCUT2D eigenvalue weighted by Gasteiger charge is -2.32. The Hall–Kier alpha value is -0.395. The van der Waals surface area contributed by atoms with Crippen LogP contribution in [0, 0.1) is 5.92 Å². The Balaban J connectivity index is 1.77. The minimum Gasteiger partial charge on any atom is -0.400 e. The molecular formula is C13H24BN3O2. The molecule has 0 bridgehead atoms. The summed E-state index contributed by atoms with van der Waals surface area (Å²) in [5.41, 5.74) is 13.1. The topological polar surface area (TPSA) is 68.5 Å². The van der Waals surface area contributed by atoms with Gasteiger partial charge in [0.2, 0.25) is 0 Å². The summed E-state index contributed by atoms with van der Waals surface area (Å²) >= 11 is 0. The van der Waals surface area contributed by atoms with E-state index in [9.17, 15) is 0 Å². The second-order valence-electron chi connectivity index (χ2n) is 6.87. The van der Waals surface area contributed by atoms with Crippen molar-refractivity contribution in [1.82, 2.24) is 10.9 Å². The third-order valence-corrected chi connectivity index (χ3v) is 5.06. The van der Waals surface area contributed by atoms with Crippen molar-refractivity contribution in [2.75, 3.05) is 0 Å². The lowest BCUT2D eigenvalue weighted by molar-refractivity contribution is 0.00578. The predicted octanol–water partition coefficient (Wildman–Crippen LogP) is 0.715. The molecule has 4 N–H and O–H groups in total. The van der Waals surface area contributed by atoms with Crippen molar-refractivity contribution >= 4 is 7.12 Å². The van der Waals surface area contributed by atoms with E-state index in [2.05, 4.69) is 44.6 Å². The fraction of sp³-hybridized carbons (Fsp3) is 0.846. The first kappa shape index (κ1) is 13.6. The minimum absolute atomic E-state index is 0.0427. The highest BCUT2D eigenvalue weighted by molar-refractivity contribution is 6.54. The molecule has 3 rings (SSSR count). The maximum atomic E-state index is 6.11. The van der Waals surface area contributed by atoms with Gasteiger partial charge in [-0.1, -0.05) is 6.08 Å². The van der Waals surface area contributed by atoms with Gasteiger partial charge in [-0.2, -0.15) is 0 Å². The lowest BCUT2D eigenvalue weighted by atomic mass is 9.69. The van der Waals surface area contributed by atoms with Gasteiger partial charge in [0.1, 0.15) is 0 Å². The summed E-state index contributed by atoms with van der Waals surface area (Å²) < 4.78 is 12.2. The summed E-state index contributed by atoms with van der Waals surface area (Å²) in [7, 11) is -0.218. The molecule has 0 radical (unpaired) electrons. The summed E-state index contributed by atoms with van der Waals surface area (Å²) in [6.45, 7) is 8.35. The monoisotopic (exact) mass is 265 g/mol. The van der Waals surface area contributed by atoms with Gasteiger partial charge in [0.25, 0.3) is 0 Å². The molecule has 0 spiro atoms. The van der Waals surface area contributed by atoms with Crippen LogP contribution in [0.15, 0.2) is 11.5 Å². The Kier molecular flexibility index (Phi) is 3.07. The van der Waals surface area contributed by atoms with Crippen LogP contribution in [0.3, 0.4) is 0 Å². The number of nitrogens with one attached hydrogen (secondary N) is 2. The lowest BCUT2D eigenvalue weighted by Crippen LogP contribution is -2.41. The highest BCUT2D eigenvalue weighted by atomic mass is 16.7. The van der Waals surface area contributed by atoms with Crippen molar-refractivity contribution in [3.05, 3.63) is 11.5 Å². The molecule has 3 unspecified atom stereocenters. The van der Waals surface area contributed by atoms with E-state index in [4.69, 9.17) is 15.0 Å². The standard InChI is InChI=1S/C13H24BN3O2/c1-12(2)13(3,4)19-14(18-12)8-5-6-9-10(7-8)16-17-11(9)15/h7,9-11,16-17H,5-6,15H2,1-4H3. The molecule has 6 heteroatoms. The largest absolute Gasteiger partial charge is 0.490 e. The number of fused-ring (bicyclic) bond motifs is 1. The van der Waals surface area contributed by atoms with E-state index >= 15 is 0 Å². The highest BCUT2D eigenvalue weighted by Gasteiger charge is 2.53. The van der Waals surface area contributed by atoms with Gasteiger partial charge in [-0.25, -0.2) is 10.9 Å². The van der Waals surface area contributed by atoms with Gasteiger partial charge in [0.05, 0.1) is 17.4 Å². The summed E-state index contributed by atoms with van der Waals surface area (Å²) in [6, 6.07) is 0.290. The first-order valence-electron chi connectivity index (χ1n) is 7.13. The number of allylic oxidation sites excluding steroid dienone is 1. The SMILES string of the molecule is CC1(C)OB(C2=CC3NNC(N)C3CC2)OC1(C)C. The fourth-order valence-corrected chi connectivity index (χ4v) is 2.99. The molecular weight excluding hydrogens is 241 g/mol. The van der Waals surface area contributed by atoms with Gasteiger partial charge in [0.15, 0.2) is 0 Å². The van der Waals surface area contributed by atoms with Crippen molar-refractivity contribution in [3.8, 4) is 0 Å². The number of rotatable bonds is 1. The number of nitrogens with two attached hydrogens (primary N) is 1. The average Bonchev–Trinajstić information content (AvgIpc) is 2.78. The summed E-state index contributed by atoms with van der Waals surface area (Å²) in [5, 5.41) is 0. The highest BCUT2D eigenvalue weighted by Crippen LogP contribution is 2.41. The minimum atomic E-state index is -0.271. The van der Waals surface area contributed by atoms with Gasteiger partial charge in [-0.05, 0) is 46.0 Å². The maximum Gasteiger partial charge on any atom is 0.490 e. The third kappa shape index (κ3) is 2.15. The molecule has 0 aromatic rings. The third-order valence-electron chi connectivity index (χ3n) is 5.06. The van der Waals surface area contributed by atoms with Crippen LogP contribution in [-0.2, 0) is 9.31 Å². The fourth-order valence-electron chi connectivity index (χ4n) is 2.99. The quantitative estimate of drug-likeness (QED) is 0.609. The zero-order chi connectivity index (χ0) is 13.8. The van der Waals surface area contributed by atoms with E-state index in [0.717, 1.165) is 12.8 Å². The van der Waals surface area contributed by atoms with E-state index in [1.807, 2.05) is 0 Å². The van der Waals surface area contributed by atoms with Crippen LogP contribution in [-0.4, -0.2) is 30.5 Å². The van der Waals surface area contributed by atoms with Gasteiger partial charge >= 0.3 is 7.12 Å². The van der Waals surface area contributed by atoms with Crippen LogP contribution in [0.5, 0.6) is 0 Å². The van der Waals surface area contributed by atoms with Crippen molar-refractivity contribution in [2.24, 2.45) is 11.7 Å². The van der Waals surface area contributed by atoms with Gasteiger partial charge in [-0.15, -0.1) is 0 Å². The second kappa shape index (κ2) is 4.30. The molecule has 0 amide bonds. The zero-order valence-corrected chi connectivity index (χ0v) is 12.2. The molecule has 3 aliphatic rings. The van der Waals surface area contributed by atoms with E-state index in [1.54, 1.807) is 0 Å². The molecule has 1 aliphatic carbocycles. The van der Waals surface area contributed by atoms with Crippen LogP contribution < -0.4 is 16.6 Å². The number of hydrogen-bond donors (Lipinski definition) is 3. The summed E-state index contributed by atoms with van der Waals surface area (Å²) in [6.07, 6.45) is 4.34. The summed E-state index contributed by atoms with van der Waals surface area (Å²) in [4.78, 5) is 0. The molecule has 2 saturated heterocycles. The van der Waals surface area contributed by atoms with Crippen molar-refractivity contribution < 1.29 is 9.31 Å². The van der Waals surface area contributed by atoms with E-state index in [1.165, 1.54) is 5.47 Å². The van der Waals surface area contributed by atoms with Crippen LogP contribution in [0.2, 0.25) is 0 Å². The van der Waals surface area contributed by atoms with Crippen LogP contribution in [0.25, 0.3) is 0 Å². The molecule has 2 fully saturated rings. The first-order chi connectivity index (χ1) is 8.80. The first-order valence-corrected chi connectivity index (χ1v) is 7.13. The van der Waals surface area contributed by atoms with Gasteiger partial charge < -0.3 is 15.0 Å². The normalized spacial score (nSPS) is 40.2. The predicted molar refractivity (Wildman–Crippen MR) is 74.9 cm³/mol. The molecule has 2 heterocycles. The molecule has 19 heavy (non-hydrogen) atoms. The molecule has 106 valence electrons. The molecule has 0 saturated carbocycles. The molecule has 2 aliphatic heterocycles. The van der Waals surface area contributed by atoms with E-state index in [0.29, 0.717) is 5.92 Å². The second-order valence-corrected chi connectivity index (χ2v) is 6.87. The van der Waals surface area contributed by atoms with Gasteiger partial charge in [-0.3, -0.25) is 0 Å². The van der Waals surface area contributed by atoms with Crippen molar-refractivity contribution in [2.45, 2.75) is 63.9 Å². The molecule has 3 atom stereocenters. The smallest absolute Gasteiger partial charge is 0.400 e. The Morgan fingerprint density at radius 2 is 1.84 bits per heavy atom. The Bertz CT molecular complexity index is 395. The van der Waals surface area contributed by atoms with Gasteiger partial charge in [0, 0.05) is 12.0 Å². The number of hydrazine groups is 1. The molecule has 5 nitrogen and oxygen atoms in total. The Morgan fingerprint density at radius 1 is 1.21 bits per heavy atom. The zero-order valence-electron chi connectivity index (χ0n) is 12.2. The van der Waals surface area contributed by atoms with E-state index < -0.39 is 0 Å². The summed E-state index contributed by atoms with van der Waals surface area (Å²) in [5.74, 6) is 0.464. The molecule has 0 aromatic heterocycles. The van der Waals surface area contributed by atoms with Crippen LogP contribution in [0.1, 0.15) is 40.5 Å². The van der Waals surface area contributed by atoms with E-state index in [-0.39, 0.29) is 30.5 Å². The van der Waals surface area contributed by atoms with Crippen molar-refractivity contribution in [3.63, 3.8) is 0 Å². The van der Waals surface area contributed by atoms with Crippen LogP contribution >= 0.6 is 0 Å². The number of hydrogen-bond acceptors (Lipinski definition) is 5. The average molecular weight is 265 g/mol. The molecule has 0 aromatic carbocycles. The Morgan fingerprint density at radius 3 is 2.47 bits per heavy atom. The van der Waals surface area contributed by atoms with Crippen LogP contribution in [0.4, 0.5) is 0 Å². The van der Waals surface area contributed by atoms with Crippen molar-refractivity contribution in [1.29, 1.82) is 0 Å². The Labute approximate surface area is 115 Å².